The maximum atomic E-state index is 13.0. The molecule has 0 saturated heterocycles. The molecule has 0 amide bonds. The Morgan fingerprint density at radius 1 is 1.14 bits per heavy atom. The molecule has 4 aliphatic carbocycles. The minimum Gasteiger partial charge on any atom is -0.457 e. The molecule has 1 heterocycles. The minimum atomic E-state index is -0.458. The number of benzene rings is 1. The summed E-state index contributed by atoms with van der Waals surface area (Å²) < 4.78 is 6.09. The van der Waals surface area contributed by atoms with Crippen LogP contribution >= 0.6 is 0 Å². The van der Waals surface area contributed by atoms with Crippen molar-refractivity contribution in [3.8, 4) is 0 Å². The van der Waals surface area contributed by atoms with Gasteiger partial charge in [0.15, 0.2) is 5.78 Å². The Labute approximate surface area is 220 Å². The van der Waals surface area contributed by atoms with Gasteiger partial charge in [-0.15, -0.1) is 0 Å². The van der Waals surface area contributed by atoms with Crippen LogP contribution in [0.5, 0.6) is 0 Å². The Morgan fingerprint density at radius 2 is 1.97 bits per heavy atom. The van der Waals surface area contributed by atoms with Crippen LogP contribution in [0.2, 0.25) is 0 Å². The molecular weight excluding hydrogens is 462 g/mol. The Balaban J connectivity index is 1.20. The molecule has 6 rings (SSSR count). The van der Waals surface area contributed by atoms with Gasteiger partial charge in [-0.3, -0.25) is 14.4 Å². The number of rotatable bonds is 5. The van der Waals surface area contributed by atoms with E-state index < -0.39 is 6.10 Å². The molecule has 5 heteroatoms. The number of fused-ring (bicyclic) bond motifs is 5. The van der Waals surface area contributed by atoms with Crippen molar-refractivity contribution in [1.29, 1.82) is 0 Å². The second-order valence-corrected chi connectivity index (χ2v) is 12.4. The van der Waals surface area contributed by atoms with E-state index in [1.165, 1.54) is 22.4 Å². The molecule has 1 aromatic rings. The van der Waals surface area contributed by atoms with Gasteiger partial charge in [-0.1, -0.05) is 24.6 Å². The summed E-state index contributed by atoms with van der Waals surface area (Å²) in [4.78, 5) is 40.3. The van der Waals surface area contributed by atoms with Crippen molar-refractivity contribution < 1.29 is 19.1 Å². The number of likely N-dealkylation sites (N-methyl/N-ethyl adjacent to an activating group) is 1. The van der Waals surface area contributed by atoms with Gasteiger partial charge in [-0.25, -0.2) is 0 Å². The lowest BCUT2D eigenvalue weighted by Crippen LogP contribution is -2.43. The summed E-state index contributed by atoms with van der Waals surface area (Å²) in [5.41, 5.74) is 7.53. The Kier molecular flexibility index (Phi) is 6.16. The highest BCUT2D eigenvalue weighted by molar-refractivity contribution is 5.94. The molecule has 2 saturated carbocycles. The van der Waals surface area contributed by atoms with Crippen LogP contribution in [-0.4, -0.2) is 37.2 Å². The summed E-state index contributed by atoms with van der Waals surface area (Å²) in [5.74, 6) is 1.30. The second-order valence-electron chi connectivity index (χ2n) is 12.4. The first kappa shape index (κ1) is 24.6. The lowest BCUT2D eigenvalue weighted by Gasteiger charge is -2.49. The average Bonchev–Trinajstić information content (AvgIpc) is 3.41. The molecule has 0 N–H and O–H groups in total. The predicted molar refractivity (Wildman–Crippen MR) is 143 cm³/mol. The predicted octanol–water partition coefficient (Wildman–Crippen LogP) is 5.54. The monoisotopic (exact) mass is 501 g/mol. The number of esters is 1. The Hall–Kier alpha value is -2.69. The molecular formula is C32H39NO4. The van der Waals surface area contributed by atoms with Gasteiger partial charge in [-0.2, -0.15) is 0 Å². The zero-order valence-corrected chi connectivity index (χ0v) is 22.5. The van der Waals surface area contributed by atoms with E-state index in [9.17, 15) is 14.4 Å². The summed E-state index contributed by atoms with van der Waals surface area (Å²) in [6.45, 7) is 5.14. The smallest absolute Gasteiger partial charge is 0.306 e. The highest BCUT2D eigenvalue weighted by Gasteiger charge is 2.55. The lowest BCUT2D eigenvalue weighted by atomic mass is 9.55. The van der Waals surface area contributed by atoms with Gasteiger partial charge in [0.2, 0.25) is 0 Å². The third kappa shape index (κ3) is 4.19. The number of allylic oxidation sites excluding steroid dienone is 2. The average molecular weight is 502 g/mol. The highest BCUT2D eigenvalue weighted by atomic mass is 16.5. The first-order valence-corrected chi connectivity index (χ1v) is 14.2. The fourth-order valence-corrected chi connectivity index (χ4v) is 8.59. The summed E-state index contributed by atoms with van der Waals surface area (Å²) in [5, 5.41) is 0. The summed E-state index contributed by atoms with van der Waals surface area (Å²) >= 11 is 0. The van der Waals surface area contributed by atoms with Gasteiger partial charge in [0.1, 0.15) is 11.9 Å². The van der Waals surface area contributed by atoms with E-state index in [4.69, 9.17) is 4.74 Å². The molecule has 5 atom stereocenters. The largest absolute Gasteiger partial charge is 0.457 e. The number of hydrogen-bond acceptors (Lipinski definition) is 5. The summed E-state index contributed by atoms with van der Waals surface area (Å²) in [6.07, 6.45) is 9.58. The molecule has 0 radical (unpaired) electrons. The Morgan fingerprint density at radius 3 is 2.78 bits per heavy atom. The van der Waals surface area contributed by atoms with Crippen LogP contribution in [-0.2, 0) is 32.0 Å². The van der Waals surface area contributed by atoms with Gasteiger partial charge in [-0.05, 0) is 110 Å². The number of anilines is 1. The van der Waals surface area contributed by atoms with E-state index in [1.54, 1.807) is 6.92 Å². The molecule has 37 heavy (non-hydrogen) atoms. The zero-order chi connectivity index (χ0) is 25.9. The van der Waals surface area contributed by atoms with Gasteiger partial charge in [0.25, 0.3) is 0 Å². The third-order valence-corrected chi connectivity index (χ3v) is 10.4. The van der Waals surface area contributed by atoms with Gasteiger partial charge in [0, 0.05) is 31.6 Å². The van der Waals surface area contributed by atoms with Crippen molar-refractivity contribution in [2.75, 3.05) is 18.5 Å². The second kappa shape index (κ2) is 9.25. The number of ketones is 2. The molecule has 2 fully saturated rings. The molecule has 0 bridgehead atoms. The van der Waals surface area contributed by atoms with E-state index in [2.05, 4.69) is 37.1 Å². The molecule has 5 nitrogen and oxygen atoms in total. The van der Waals surface area contributed by atoms with E-state index in [1.807, 2.05) is 6.08 Å². The van der Waals surface area contributed by atoms with E-state index >= 15 is 0 Å². The van der Waals surface area contributed by atoms with E-state index in [-0.39, 0.29) is 29.5 Å². The molecule has 0 aromatic heterocycles. The summed E-state index contributed by atoms with van der Waals surface area (Å²) in [7, 11) is 2.11. The molecule has 5 aliphatic rings. The van der Waals surface area contributed by atoms with Crippen molar-refractivity contribution in [3.63, 3.8) is 0 Å². The van der Waals surface area contributed by atoms with Crippen molar-refractivity contribution in [3.05, 3.63) is 52.1 Å². The number of ether oxygens (including phenoxy) is 1. The summed E-state index contributed by atoms with van der Waals surface area (Å²) in [6, 6.07) is 6.50. The Bertz CT molecular complexity index is 1230. The maximum Gasteiger partial charge on any atom is 0.306 e. The standard InChI is InChI=1S/C32H39NO4/c1-19(34)26-8-9-27-24-7-6-22-17-23(35)18-29(31(22)25(24)12-14-32(26,27)2)37-30(36)11-5-20-4-10-28-21(16-20)13-15-33(28)3/h4,10,16-17,24,26-27,29H,5-9,11-15,18H2,1-3H3/t24-,26-,27+,29?,32-/m1/s1. The van der Waals surface area contributed by atoms with Crippen LogP contribution in [0.1, 0.15) is 76.3 Å². The van der Waals surface area contributed by atoms with Crippen molar-refractivity contribution in [2.45, 2.75) is 84.2 Å². The number of Topliss-reactive ketones (excluding diaryl/α,β-unsaturated/α-hetero) is 1. The molecule has 196 valence electrons. The fourth-order valence-electron chi connectivity index (χ4n) is 8.59. The number of nitrogens with zero attached hydrogens (tertiary/aromatic N) is 1. The third-order valence-electron chi connectivity index (χ3n) is 10.4. The minimum absolute atomic E-state index is 0.0662. The number of aryl methyl sites for hydroxylation is 1. The quantitative estimate of drug-likeness (QED) is 0.496. The molecule has 1 aliphatic heterocycles. The number of hydrogen-bond donors (Lipinski definition) is 0. The topological polar surface area (TPSA) is 63.7 Å². The van der Waals surface area contributed by atoms with Crippen molar-refractivity contribution >= 4 is 23.2 Å². The van der Waals surface area contributed by atoms with Crippen molar-refractivity contribution in [1.82, 2.24) is 0 Å². The van der Waals surface area contributed by atoms with Crippen LogP contribution in [0.25, 0.3) is 0 Å². The van der Waals surface area contributed by atoms with Crippen LogP contribution in [0.3, 0.4) is 0 Å². The van der Waals surface area contributed by atoms with Gasteiger partial charge in [0.05, 0.1) is 6.42 Å². The van der Waals surface area contributed by atoms with Gasteiger partial charge < -0.3 is 9.64 Å². The number of carbonyl (C=O) groups excluding carboxylic acids is 3. The van der Waals surface area contributed by atoms with E-state index in [0.717, 1.165) is 62.6 Å². The van der Waals surface area contributed by atoms with Crippen molar-refractivity contribution in [2.24, 2.45) is 23.2 Å². The molecule has 1 aromatic carbocycles. The first-order chi connectivity index (χ1) is 17.7. The normalized spacial score (nSPS) is 32.4. The molecule has 0 spiro atoms. The SMILES string of the molecule is CC(=O)[C@H]1CC[C@H]2[C@@H]3CCC4=CC(=O)CC(OC(=O)CCc5ccc6c(c5)CCN6C)C4=C3CC[C@]12C. The first-order valence-electron chi connectivity index (χ1n) is 14.2. The molecule has 1 unspecified atom stereocenters. The lowest BCUT2D eigenvalue weighted by molar-refractivity contribution is -0.148. The van der Waals surface area contributed by atoms with Crippen LogP contribution in [0.15, 0.2) is 41.0 Å². The fraction of sp³-hybridized carbons (Fsp3) is 0.594. The van der Waals surface area contributed by atoms with E-state index in [0.29, 0.717) is 30.5 Å². The van der Waals surface area contributed by atoms with Crippen LogP contribution < -0.4 is 4.90 Å². The van der Waals surface area contributed by atoms with Gasteiger partial charge >= 0.3 is 5.97 Å². The van der Waals surface area contributed by atoms with Crippen LogP contribution in [0, 0.1) is 23.2 Å². The number of carbonyl (C=O) groups is 3. The zero-order valence-electron chi connectivity index (χ0n) is 22.5. The maximum absolute atomic E-state index is 13.0. The van der Waals surface area contributed by atoms with Crippen LogP contribution in [0.4, 0.5) is 5.69 Å². The highest BCUT2D eigenvalue weighted by Crippen LogP contribution is 2.62.